The Morgan fingerprint density at radius 2 is 1.32 bits per heavy atom. The van der Waals surface area contributed by atoms with Crippen LogP contribution in [0, 0.1) is 0 Å². The molecule has 9 aromatic rings. The lowest BCUT2D eigenvalue weighted by Crippen LogP contribution is -2.33. The van der Waals surface area contributed by atoms with Crippen molar-refractivity contribution < 1.29 is 0 Å². The summed E-state index contributed by atoms with van der Waals surface area (Å²) in [5.74, 6) is 0.767. The van der Waals surface area contributed by atoms with E-state index in [2.05, 4.69) is 206 Å². The Morgan fingerprint density at radius 3 is 2.19 bits per heavy atom. The van der Waals surface area contributed by atoms with E-state index < -0.39 is 11.0 Å². The molecule has 1 aromatic heterocycles. The molecule has 3 heterocycles. The minimum atomic E-state index is -0.574. The first-order valence-corrected chi connectivity index (χ1v) is 22.6. The van der Waals surface area contributed by atoms with Crippen LogP contribution in [0.2, 0.25) is 0 Å². The zero-order valence-electron chi connectivity index (χ0n) is 34.3. The summed E-state index contributed by atoms with van der Waals surface area (Å²) < 4.78 is 2.59. The van der Waals surface area contributed by atoms with Gasteiger partial charge in [0.05, 0.1) is 27.7 Å². The molecular weight excluding hydrogens is 771 g/mol. The van der Waals surface area contributed by atoms with Gasteiger partial charge in [-0.3, -0.25) is 4.99 Å². The van der Waals surface area contributed by atoms with E-state index in [1.54, 1.807) is 0 Å². The topological polar surface area (TPSA) is 29.6 Å². The monoisotopic (exact) mass is 811 g/mol. The maximum Gasteiger partial charge on any atom is 0.155 e. The highest BCUT2D eigenvalue weighted by molar-refractivity contribution is 7.99. The van der Waals surface area contributed by atoms with Crippen molar-refractivity contribution in [3.8, 4) is 5.69 Å². The molecule has 13 rings (SSSR count). The number of fused-ring (bicyclic) bond motifs is 14. The number of amidine groups is 1. The molecule has 0 saturated heterocycles. The van der Waals surface area contributed by atoms with Crippen LogP contribution >= 0.6 is 11.8 Å². The van der Waals surface area contributed by atoms with Gasteiger partial charge in [-0.15, -0.1) is 0 Å². The van der Waals surface area contributed by atoms with Gasteiger partial charge >= 0.3 is 0 Å². The summed E-state index contributed by atoms with van der Waals surface area (Å²) in [4.78, 5) is 13.4. The molecule has 1 spiro atoms. The Hall–Kier alpha value is -7.01. The molecule has 4 aliphatic rings. The van der Waals surface area contributed by atoms with Gasteiger partial charge in [0.25, 0.3) is 0 Å². The fraction of sp³-hybridized carbons (Fsp3) is 0.103. The van der Waals surface area contributed by atoms with E-state index in [-0.39, 0.29) is 0 Å². The molecule has 2 unspecified atom stereocenters. The normalized spacial score (nSPS) is 20.0. The van der Waals surface area contributed by atoms with E-state index in [0.717, 1.165) is 46.8 Å². The van der Waals surface area contributed by atoms with Gasteiger partial charge in [-0.05, 0) is 87.9 Å². The zero-order valence-corrected chi connectivity index (χ0v) is 35.2. The van der Waals surface area contributed by atoms with E-state index in [9.17, 15) is 0 Å². The van der Waals surface area contributed by atoms with E-state index in [1.807, 2.05) is 11.8 Å². The Balaban J connectivity index is 1.10. The molecule has 4 heteroatoms. The van der Waals surface area contributed by atoms with Gasteiger partial charge in [0.15, 0.2) is 5.84 Å². The minimum Gasteiger partial charge on any atom is -0.307 e. The summed E-state index contributed by atoms with van der Waals surface area (Å²) in [6.07, 6.45) is 7.66. The number of aliphatic imine (C=N–C) groups is 2. The van der Waals surface area contributed by atoms with Gasteiger partial charge in [0.1, 0.15) is 0 Å². The second kappa shape index (κ2) is 13.5. The van der Waals surface area contributed by atoms with Crippen LogP contribution in [0.15, 0.2) is 219 Å². The molecule has 0 amide bonds. The van der Waals surface area contributed by atoms with Crippen molar-refractivity contribution in [2.45, 2.75) is 46.9 Å². The molecule has 62 heavy (non-hydrogen) atoms. The second-order valence-corrected chi connectivity index (χ2v) is 18.4. The molecule has 294 valence electrons. The van der Waals surface area contributed by atoms with Crippen LogP contribution in [0.1, 0.15) is 65.1 Å². The van der Waals surface area contributed by atoms with Crippen LogP contribution in [0.5, 0.6) is 0 Å². The highest BCUT2D eigenvalue weighted by Gasteiger charge is 2.51. The lowest BCUT2D eigenvalue weighted by molar-refractivity contribution is 0.514. The summed E-state index contributed by atoms with van der Waals surface area (Å²) in [5, 5.41) is 5.00. The molecule has 0 bridgehead atoms. The summed E-state index contributed by atoms with van der Waals surface area (Å²) in [5.41, 5.74) is 15.4. The van der Waals surface area contributed by atoms with Crippen molar-refractivity contribution in [1.82, 2.24) is 4.57 Å². The smallest absolute Gasteiger partial charge is 0.155 e. The first kappa shape index (κ1) is 35.7. The number of aromatic nitrogens is 1. The molecule has 0 saturated carbocycles. The lowest BCUT2D eigenvalue weighted by atomic mass is 9.66. The maximum atomic E-state index is 5.53. The fourth-order valence-corrected chi connectivity index (χ4v) is 12.5. The van der Waals surface area contributed by atoms with Gasteiger partial charge in [-0.1, -0.05) is 188 Å². The predicted octanol–water partition coefficient (Wildman–Crippen LogP) is 14.4. The third kappa shape index (κ3) is 5.02. The van der Waals surface area contributed by atoms with Gasteiger partial charge in [0, 0.05) is 43.6 Å². The molecule has 0 radical (unpaired) electrons. The number of nitrogens with zero attached hydrogens (tertiary/aromatic N) is 3. The Bertz CT molecular complexity index is 3480. The highest BCUT2D eigenvalue weighted by atomic mass is 32.2. The predicted molar refractivity (Wildman–Crippen MR) is 258 cm³/mol. The largest absolute Gasteiger partial charge is 0.307 e. The van der Waals surface area contributed by atoms with Gasteiger partial charge in [-0.2, -0.15) is 0 Å². The maximum absolute atomic E-state index is 5.53. The second-order valence-electron chi connectivity index (χ2n) is 17.3. The molecular formula is C58H41N3S. The molecule has 8 aromatic carbocycles. The van der Waals surface area contributed by atoms with Gasteiger partial charge in [0.2, 0.25) is 0 Å². The van der Waals surface area contributed by atoms with Crippen LogP contribution in [0.3, 0.4) is 0 Å². The zero-order chi connectivity index (χ0) is 41.0. The summed E-state index contributed by atoms with van der Waals surface area (Å²) in [6, 6.07) is 67.1. The van der Waals surface area contributed by atoms with Crippen LogP contribution in [-0.2, 0) is 11.0 Å². The summed E-state index contributed by atoms with van der Waals surface area (Å²) in [6.45, 7) is 2.28. The Labute approximate surface area is 365 Å². The van der Waals surface area contributed by atoms with E-state index >= 15 is 0 Å². The van der Waals surface area contributed by atoms with Gasteiger partial charge in [-0.25, -0.2) is 4.99 Å². The Kier molecular flexibility index (Phi) is 7.77. The van der Waals surface area contributed by atoms with Crippen molar-refractivity contribution in [3.63, 3.8) is 0 Å². The summed E-state index contributed by atoms with van der Waals surface area (Å²) >= 11 is 1.94. The van der Waals surface area contributed by atoms with Crippen molar-refractivity contribution in [1.29, 1.82) is 0 Å². The standard InChI is InChI=1S/C58H41N3S/c1-57(36-51(38-18-4-2-5-19-38)59-56(60-57)39-20-6-3-7-21-39)40-22-16-23-41(35-40)61-53-42-24-9-8-17-37(42)31-32-45(53)46-33-34-50-55(54(46)61)62-52-30-15-14-29-49(52)58(50)47-27-12-10-25-43(47)44-26-11-13-28-48(44)58/h2-10,12-25,27-35H,11,26,36H2,1H3. The third-order valence-electron chi connectivity index (χ3n) is 13.9. The molecule has 2 aliphatic heterocycles. The number of rotatable bonds is 4. The highest BCUT2D eigenvalue weighted by Crippen LogP contribution is 2.64. The summed E-state index contributed by atoms with van der Waals surface area (Å²) in [7, 11) is 0. The van der Waals surface area contributed by atoms with Crippen molar-refractivity contribution in [2.75, 3.05) is 0 Å². The van der Waals surface area contributed by atoms with Crippen molar-refractivity contribution in [2.24, 2.45) is 9.98 Å². The fourth-order valence-electron chi connectivity index (χ4n) is 11.2. The first-order valence-electron chi connectivity index (χ1n) is 21.8. The van der Waals surface area contributed by atoms with Gasteiger partial charge < -0.3 is 4.57 Å². The molecule has 2 aliphatic carbocycles. The molecule has 2 atom stereocenters. The van der Waals surface area contributed by atoms with Crippen molar-refractivity contribution in [3.05, 3.63) is 239 Å². The number of allylic oxidation sites excluding steroid dienone is 4. The van der Waals surface area contributed by atoms with Crippen LogP contribution in [-0.4, -0.2) is 16.1 Å². The quantitative estimate of drug-likeness (QED) is 0.174. The number of hydrogen-bond acceptors (Lipinski definition) is 3. The van der Waals surface area contributed by atoms with E-state index in [1.165, 1.54) is 75.8 Å². The SMILES string of the molecule is CC1(c2cccc(-n3c4c5c(ccc4c4ccc6ccccc6c43)C3(C4=C(CCC=C4)c4ccccc43)c3ccccc3S5)c2)CC(c2ccccc2)=NC(c2ccccc2)=N1. The van der Waals surface area contributed by atoms with Crippen LogP contribution in [0.25, 0.3) is 43.8 Å². The molecule has 0 fully saturated rings. The Morgan fingerprint density at radius 1 is 0.597 bits per heavy atom. The van der Waals surface area contributed by atoms with E-state index in [0.29, 0.717) is 6.42 Å². The number of benzene rings is 8. The number of hydrogen-bond donors (Lipinski definition) is 0. The van der Waals surface area contributed by atoms with Crippen molar-refractivity contribution >= 4 is 61.5 Å². The average Bonchev–Trinajstić information content (AvgIpc) is 3.84. The van der Waals surface area contributed by atoms with E-state index in [4.69, 9.17) is 9.98 Å². The third-order valence-corrected chi connectivity index (χ3v) is 15.1. The van der Waals surface area contributed by atoms with Crippen LogP contribution in [0.4, 0.5) is 0 Å². The molecule has 3 nitrogen and oxygen atoms in total. The minimum absolute atomic E-state index is 0.426. The lowest BCUT2D eigenvalue weighted by Gasteiger charge is -2.41. The molecule has 0 N–H and O–H groups in total. The van der Waals surface area contributed by atoms with Crippen LogP contribution < -0.4 is 0 Å². The first-order chi connectivity index (χ1) is 30.6. The average molecular weight is 812 g/mol.